The highest BCUT2D eigenvalue weighted by atomic mass is 35.5. The van der Waals surface area contributed by atoms with E-state index in [1.165, 1.54) is 0 Å². The van der Waals surface area contributed by atoms with Gasteiger partial charge in [-0.25, -0.2) is 0 Å². The molecule has 1 aromatic heterocycles. The van der Waals surface area contributed by atoms with Crippen LogP contribution in [0.3, 0.4) is 0 Å². The van der Waals surface area contributed by atoms with Crippen LogP contribution in [0.15, 0.2) is 28.8 Å². The minimum atomic E-state index is -0.393. The van der Waals surface area contributed by atoms with Gasteiger partial charge in [-0.05, 0) is 24.6 Å². The van der Waals surface area contributed by atoms with Gasteiger partial charge in [-0.2, -0.15) is 0 Å². The van der Waals surface area contributed by atoms with Gasteiger partial charge in [-0.3, -0.25) is 4.79 Å². The third-order valence-corrected chi connectivity index (χ3v) is 3.06. The number of carbonyl (C=O) groups excluding carboxylic acids is 1. The van der Waals surface area contributed by atoms with Crippen LogP contribution in [0.2, 0.25) is 10.0 Å². The summed E-state index contributed by atoms with van der Waals surface area (Å²) in [5, 5.41) is 7.20. The second-order valence-electron chi connectivity index (χ2n) is 3.72. The fraction of sp³-hybridized carbons (Fsp3) is 0.167. The maximum atomic E-state index is 11.8. The smallest absolute Gasteiger partial charge is 0.291 e. The third-order valence-electron chi connectivity index (χ3n) is 2.36. The first-order valence-electron chi connectivity index (χ1n) is 5.22. The average Bonchev–Trinajstić information content (AvgIpc) is 2.69. The van der Waals surface area contributed by atoms with Gasteiger partial charge in [0.15, 0.2) is 0 Å². The van der Waals surface area contributed by atoms with Crippen LogP contribution in [0.25, 0.3) is 0 Å². The molecule has 0 unspecified atom stereocenters. The molecule has 0 aliphatic rings. The summed E-state index contributed by atoms with van der Waals surface area (Å²) >= 11 is 11.6. The van der Waals surface area contributed by atoms with Gasteiger partial charge in [0, 0.05) is 11.6 Å². The average molecular weight is 285 g/mol. The monoisotopic (exact) mass is 284 g/mol. The molecular weight excluding hydrogens is 275 g/mol. The first kappa shape index (κ1) is 12.9. The summed E-state index contributed by atoms with van der Waals surface area (Å²) in [7, 11) is 0. The molecule has 1 N–H and O–H groups in total. The summed E-state index contributed by atoms with van der Waals surface area (Å²) in [6.45, 7) is 2.04. The van der Waals surface area contributed by atoms with Crippen molar-refractivity contribution in [3.8, 4) is 0 Å². The summed E-state index contributed by atoms with van der Waals surface area (Å²) in [5.74, 6) is -0.362. The molecule has 18 heavy (non-hydrogen) atoms. The fourth-order valence-electron chi connectivity index (χ4n) is 1.36. The normalized spacial score (nSPS) is 10.4. The Bertz CT molecular complexity index is 564. The van der Waals surface area contributed by atoms with Crippen LogP contribution < -0.4 is 5.32 Å². The standard InChI is InChI=1S/C12H10Cl2N2O2/c1-7-10(14)11(18-16-7)12(17)15-6-8-2-4-9(13)5-3-8/h2-5H,6H2,1H3,(H,15,17). The van der Waals surface area contributed by atoms with Gasteiger partial charge < -0.3 is 9.84 Å². The highest BCUT2D eigenvalue weighted by Crippen LogP contribution is 2.19. The molecule has 94 valence electrons. The highest BCUT2D eigenvalue weighted by molar-refractivity contribution is 6.34. The Morgan fingerprint density at radius 3 is 2.56 bits per heavy atom. The van der Waals surface area contributed by atoms with E-state index in [-0.39, 0.29) is 10.8 Å². The number of nitrogens with zero attached hydrogens (tertiary/aromatic N) is 1. The van der Waals surface area contributed by atoms with Crippen molar-refractivity contribution in [2.24, 2.45) is 0 Å². The molecule has 2 aromatic rings. The number of halogens is 2. The second kappa shape index (κ2) is 5.42. The third kappa shape index (κ3) is 2.83. The van der Waals surface area contributed by atoms with Crippen molar-refractivity contribution >= 4 is 29.1 Å². The van der Waals surface area contributed by atoms with Gasteiger partial charge in [-0.15, -0.1) is 0 Å². The molecule has 6 heteroatoms. The van der Waals surface area contributed by atoms with Crippen LogP contribution in [0.1, 0.15) is 21.8 Å². The largest absolute Gasteiger partial charge is 0.349 e. The van der Waals surface area contributed by atoms with Crippen molar-refractivity contribution in [3.05, 3.63) is 51.3 Å². The molecule has 1 amide bonds. The molecule has 0 radical (unpaired) electrons. The molecule has 0 spiro atoms. The fourth-order valence-corrected chi connectivity index (χ4v) is 1.65. The first-order valence-corrected chi connectivity index (χ1v) is 5.98. The van der Waals surface area contributed by atoms with Crippen LogP contribution in [-0.4, -0.2) is 11.1 Å². The van der Waals surface area contributed by atoms with E-state index in [1.54, 1.807) is 19.1 Å². The van der Waals surface area contributed by atoms with Crippen molar-refractivity contribution in [2.75, 3.05) is 0 Å². The maximum absolute atomic E-state index is 11.8. The number of aryl methyl sites for hydroxylation is 1. The number of carbonyl (C=O) groups is 1. The van der Waals surface area contributed by atoms with Gasteiger partial charge in [0.1, 0.15) is 5.02 Å². The van der Waals surface area contributed by atoms with Gasteiger partial charge in [-0.1, -0.05) is 40.5 Å². The van der Waals surface area contributed by atoms with Crippen molar-refractivity contribution in [2.45, 2.75) is 13.5 Å². The summed E-state index contributed by atoms with van der Waals surface area (Å²) in [4.78, 5) is 11.8. The van der Waals surface area contributed by atoms with E-state index in [2.05, 4.69) is 10.5 Å². The molecule has 0 bridgehead atoms. The van der Waals surface area contributed by atoms with Crippen molar-refractivity contribution in [1.82, 2.24) is 10.5 Å². The van der Waals surface area contributed by atoms with Crippen LogP contribution >= 0.6 is 23.2 Å². The van der Waals surface area contributed by atoms with Gasteiger partial charge in [0.25, 0.3) is 5.91 Å². The zero-order chi connectivity index (χ0) is 13.1. The lowest BCUT2D eigenvalue weighted by atomic mass is 10.2. The molecule has 4 nitrogen and oxygen atoms in total. The quantitative estimate of drug-likeness (QED) is 0.942. The Hall–Kier alpha value is -1.52. The van der Waals surface area contributed by atoms with Crippen molar-refractivity contribution < 1.29 is 9.32 Å². The number of hydrogen-bond acceptors (Lipinski definition) is 3. The number of rotatable bonds is 3. The van der Waals surface area contributed by atoms with Crippen LogP contribution in [0.4, 0.5) is 0 Å². The lowest BCUT2D eigenvalue weighted by molar-refractivity contribution is 0.0914. The Labute approximate surface area is 114 Å². The Morgan fingerprint density at radius 2 is 2.00 bits per heavy atom. The van der Waals surface area contributed by atoms with E-state index in [9.17, 15) is 4.79 Å². The molecule has 2 rings (SSSR count). The molecular formula is C12H10Cl2N2O2. The number of nitrogens with one attached hydrogen (secondary N) is 1. The van der Waals surface area contributed by atoms with Crippen LogP contribution in [0, 0.1) is 6.92 Å². The van der Waals surface area contributed by atoms with Gasteiger partial charge >= 0.3 is 0 Å². The van der Waals surface area contributed by atoms with Gasteiger partial charge in [0.2, 0.25) is 5.76 Å². The number of hydrogen-bond donors (Lipinski definition) is 1. The SMILES string of the molecule is Cc1noc(C(=O)NCc2ccc(Cl)cc2)c1Cl. The predicted molar refractivity (Wildman–Crippen MR) is 68.9 cm³/mol. The van der Waals surface area contributed by atoms with E-state index >= 15 is 0 Å². The summed E-state index contributed by atoms with van der Waals surface area (Å²) in [6, 6.07) is 7.18. The lowest BCUT2D eigenvalue weighted by Gasteiger charge is -2.03. The molecule has 1 heterocycles. The summed E-state index contributed by atoms with van der Waals surface area (Å²) in [6.07, 6.45) is 0. The molecule has 1 aromatic carbocycles. The minimum absolute atomic E-state index is 0.0307. The molecule has 0 aliphatic heterocycles. The van der Waals surface area contributed by atoms with Crippen molar-refractivity contribution in [1.29, 1.82) is 0 Å². The van der Waals surface area contributed by atoms with E-state index in [1.807, 2.05) is 12.1 Å². The molecule has 0 saturated heterocycles. The van der Waals surface area contributed by atoms with E-state index in [0.29, 0.717) is 17.3 Å². The molecule has 0 atom stereocenters. The van der Waals surface area contributed by atoms with E-state index in [0.717, 1.165) is 5.56 Å². The Kier molecular flexibility index (Phi) is 3.89. The summed E-state index contributed by atoms with van der Waals surface area (Å²) < 4.78 is 4.85. The Balaban J connectivity index is 2.00. The Morgan fingerprint density at radius 1 is 1.33 bits per heavy atom. The number of benzene rings is 1. The number of aromatic nitrogens is 1. The van der Waals surface area contributed by atoms with Gasteiger partial charge in [0.05, 0.1) is 5.69 Å². The maximum Gasteiger partial charge on any atom is 0.291 e. The second-order valence-corrected chi connectivity index (χ2v) is 4.53. The predicted octanol–water partition coefficient (Wildman–Crippen LogP) is 3.22. The van der Waals surface area contributed by atoms with E-state index in [4.69, 9.17) is 27.7 Å². The molecule has 0 aliphatic carbocycles. The van der Waals surface area contributed by atoms with Crippen molar-refractivity contribution in [3.63, 3.8) is 0 Å². The topological polar surface area (TPSA) is 55.1 Å². The summed E-state index contributed by atoms with van der Waals surface area (Å²) in [5.41, 5.74) is 1.42. The van der Waals surface area contributed by atoms with Crippen LogP contribution in [0.5, 0.6) is 0 Å². The zero-order valence-corrected chi connectivity index (χ0v) is 11.0. The first-order chi connectivity index (χ1) is 8.58. The number of amides is 1. The minimum Gasteiger partial charge on any atom is -0.349 e. The van der Waals surface area contributed by atoms with Crippen LogP contribution in [-0.2, 0) is 6.54 Å². The highest BCUT2D eigenvalue weighted by Gasteiger charge is 2.18. The molecule has 0 saturated carbocycles. The lowest BCUT2D eigenvalue weighted by Crippen LogP contribution is -2.22. The molecule has 0 fully saturated rings. The van der Waals surface area contributed by atoms with E-state index < -0.39 is 5.91 Å². The zero-order valence-electron chi connectivity index (χ0n) is 9.54.